The van der Waals surface area contributed by atoms with Crippen LogP contribution in [-0.4, -0.2) is 38.7 Å². The SMILES string of the molecule is Cc1ccn(-c2cc(NCCNC(=O)c3cccc(F)c3)ncn2)n1. The molecular formula is C17H17FN6O. The van der Waals surface area contributed by atoms with Crippen molar-refractivity contribution < 1.29 is 9.18 Å². The number of halogens is 1. The molecule has 0 bridgehead atoms. The van der Waals surface area contributed by atoms with Crippen LogP contribution < -0.4 is 10.6 Å². The fourth-order valence-electron chi connectivity index (χ4n) is 2.21. The Morgan fingerprint density at radius 1 is 1.20 bits per heavy atom. The zero-order valence-corrected chi connectivity index (χ0v) is 13.6. The molecule has 0 aliphatic carbocycles. The van der Waals surface area contributed by atoms with Crippen molar-refractivity contribution in [2.75, 3.05) is 18.4 Å². The van der Waals surface area contributed by atoms with E-state index in [1.54, 1.807) is 16.8 Å². The first-order valence-electron chi connectivity index (χ1n) is 7.74. The predicted octanol–water partition coefficient (Wildman–Crippen LogP) is 1.95. The summed E-state index contributed by atoms with van der Waals surface area (Å²) in [5.74, 6) is 0.511. The van der Waals surface area contributed by atoms with E-state index in [1.807, 2.05) is 19.2 Å². The van der Waals surface area contributed by atoms with Gasteiger partial charge in [0.2, 0.25) is 0 Å². The average Bonchev–Trinajstić information content (AvgIpc) is 3.05. The van der Waals surface area contributed by atoms with Crippen molar-refractivity contribution in [2.45, 2.75) is 6.92 Å². The number of aromatic nitrogens is 4. The van der Waals surface area contributed by atoms with E-state index < -0.39 is 5.82 Å². The summed E-state index contributed by atoms with van der Waals surface area (Å²) in [5, 5.41) is 10.1. The van der Waals surface area contributed by atoms with Crippen LogP contribution in [0.3, 0.4) is 0 Å². The highest BCUT2D eigenvalue weighted by atomic mass is 19.1. The van der Waals surface area contributed by atoms with Crippen LogP contribution >= 0.6 is 0 Å². The summed E-state index contributed by atoms with van der Waals surface area (Å²) in [6, 6.07) is 9.21. The number of nitrogens with zero attached hydrogens (tertiary/aromatic N) is 4. The van der Waals surface area contributed by atoms with Crippen LogP contribution in [0.1, 0.15) is 16.1 Å². The van der Waals surface area contributed by atoms with E-state index in [1.165, 1.54) is 24.5 Å². The molecule has 1 amide bonds. The molecule has 0 saturated heterocycles. The molecule has 2 heterocycles. The van der Waals surface area contributed by atoms with Gasteiger partial charge in [0.1, 0.15) is 18.0 Å². The number of hydrogen-bond acceptors (Lipinski definition) is 5. The second-order valence-corrected chi connectivity index (χ2v) is 5.36. The summed E-state index contributed by atoms with van der Waals surface area (Å²) in [4.78, 5) is 20.2. The van der Waals surface area contributed by atoms with Crippen molar-refractivity contribution in [2.24, 2.45) is 0 Å². The maximum Gasteiger partial charge on any atom is 0.251 e. The Kier molecular flexibility index (Phi) is 4.98. The van der Waals surface area contributed by atoms with Crippen LogP contribution in [0.25, 0.3) is 5.82 Å². The monoisotopic (exact) mass is 340 g/mol. The molecule has 8 heteroatoms. The van der Waals surface area contributed by atoms with E-state index in [9.17, 15) is 9.18 Å². The van der Waals surface area contributed by atoms with E-state index >= 15 is 0 Å². The standard InChI is InChI=1S/C17H17FN6O/c1-12-5-8-24(23-12)16-10-15(21-11-22-16)19-6-7-20-17(25)13-3-2-4-14(18)9-13/h2-5,8-11H,6-7H2,1H3,(H,20,25)(H,19,21,22). The quantitative estimate of drug-likeness (QED) is 0.670. The molecule has 2 aromatic heterocycles. The predicted molar refractivity (Wildman–Crippen MR) is 91.1 cm³/mol. The Labute approximate surface area is 143 Å². The molecule has 0 unspecified atom stereocenters. The Balaban J connectivity index is 1.51. The van der Waals surface area contributed by atoms with Gasteiger partial charge in [-0.15, -0.1) is 0 Å². The second-order valence-electron chi connectivity index (χ2n) is 5.36. The topological polar surface area (TPSA) is 84.7 Å². The maximum absolute atomic E-state index is 13.1. The van der Waals surface area contributed by atoms with Crippen LogP contribution in [0.15, 0.2) is 48.9 Å². The van der Waals surface area contributed by atoms with Gasteiger partial charge in [-0.25, -0.2) is 19.0 Å². The minimum atomic E-state index is -0.437. The minimum Gasteiger partial charge on any atom is -0.368 e. The van der Waals surface area contributed by atoms with Gasteiger partial charge in [-0.3, -0.25) is 4.79 Å². The molecule has 0 spiro atoms. The van der Waals surface area contributed by atoms with Crippen molar-refractivity contribution in [3.8, 4) is 5.82 Å². The number of nitrogens with one attached hydrogen (secondary N) is 2. The van der Waals surface area contributed by atoms with E-state index in [4.69, 9.17) is 0 Å². The first-order chi connectivity index (χ1) is 12.1. The normalized spacial score (nSPS) is 10.5. The lowest BCUT2D eigenvalue weighted by Gasteiger charge is -2.08. The molecular weight excluding hydrogens is 323 g/mol. The minimum absolute atomic E-state index is 0.290. The largest absolute Gasteiger partial charge is 0.368 e. The number of aryl methyl sites for hydroxylation is 1. The third-order valence-electron chi connectivity index (χ3n) is 3.41. The summed E-state index contributed by atoms with van der Waals surface area (Å²) in [7, 11) is 0. The van der Waals surface area contributed by atoms with Gasteiger partial charge in [-0.2, -0.15) is 5.10 Å². The molecule has 25 heavy (non-hydrogen) atoms. The summed E-state index contributed by atoms with van der Waals surface area (Å²) in [5.41, 5.74) is 1.19. The lowest BCUT2D eigenvalue weighted by atomic mass is 10.2. The number of rotatable bonds is 6. The Bertz CT molecular complexity index is 879. The first-order valence-corrected chi connectivity index (χ1v) is 7.74. The van der Waals surface area contributed by atoms with Crippen molar-refractivity contribution >= 4 is 11.7 Å². The van der Waals surface area contributed by atoms with E-state index in [0.717, 1.165) is 5.69 Å². The molecule has 3 rings (SSSR count). The fourth-order valence-corrected chi connectivity index (χ4v) is 2.21. The van der Waals surface area contributed by atoms with Crippen molar-refractivity contribution in [3.63, 3.8) is 0 Å². The molecule has 1 aromatic carbocycles. The smallest absolute Gasteiger partial charge is 0.251 e. The van der Waals surface area contributed by atoms with Gasteiger partial charge < -0.3 is 10.6 Å². The van der Waals surface area contributed by atoms with E-state index in [2.05, 4.69) is 25.7 Å². The maximum atomic E-state index is 13.1. The molecule has 128 valence electrons. The van der Waals surface area contributed by atoms with Crippen LogP contribution in [0.5, 0.6) is 0 Å². The number of carbonyl (C=O) groups excluding carboxylic acids is 1. The first kappa shape index (κ1) is 16.6. The van der Waals surface area contributed by atoms with Crippen LogP contribution in [-0.2, 0) is 0 Å². The van der Waals surface area contributed by atoms with Crippen molar-refractivity contribution in [1.29, 1.82) is 0 Å². The van der Waals surface area contributed by atoms with Crippen LogP contribution in [0, 0.1) is 12.7 Å². The molecule has 0 radical (unpaired) electrons. The van der Waals surface area contributed by atoms with Gasteiger partial charge in [-0.05, 0) is 31.2 Å². The summed E-state index contributed by atoms with van der Waals surface area (Å²) in [6.07, 6.45) is 3.26. The molecule has 0 atom stereocenters. The Hall–Kier alpha value is -3.29. The number of amides is 1. The van der Waals surface area contributed by atoms with E-state index in [0.29, 0.717) is 30.3 Å². The fraction of sp³-hybridized carbons (Fsp3) is 0.176. The zero-order chi connectivity index (χ0) is 17.6. The molecule has 0 aliphatic rings. The van der Waals surface area contributed by atoms with Crippen molar-refractivity contribution in [1.82, 2.24) is 25.1 Å². The summed E-state index contributed by atoms with van der Waals surface area (Å²) >= 11 is 0. The molecule has 7 nitrogen and oxygen atoms in total. The summed E-state index contributed by atoms with van der Waals surface area (Å²) in [6.45, 7) is 2.74. The van der Waals surface area contributed by atoms with Gasteiger partial charge >= 0.3 is 0 Å². The molecule has 0 saturated carbocycles. The van der Waals surface area contributed by atoms with Crippen LogP contribution in [0.2, 0.25) is 0 Å². The van der Waals surface area contributed by atoms with Crippen molar-refractivity contribution in [3.05, 3.63) is 66.0 Å². The van der Waals surface area contributed by atoms with Gasteiger partial charge in [0.25, 0.3) is 5.91 Å². The summed E-state index contributed by atoms with van der Waals surface area (Å²) < 4.78 is 14.8. The van der Waals surface area contributed by atoms with Gasteiger partial charge in [0.15, 0.2) is 5.82 Å². The third-order valence-corrected chi connectivity index (χ3v) is 3.41. The van der Waals surface area contributed by atoms with E-state index in [-0.39, 0.29) is 5.91 Å². The Morgan fingerprint density at radius 2 is 2.08 bits per heavy atom. The third kappa shape index (κ3) is 4.37. The lowest BCUT2D eigenvalue weighted by Crippen LogP contribution is -2.29. The molecule has 3 aromatic rings. The lowest BCUT2D eigenvalue weighted by molar-refractivity contribution is 0.0954. The number of anilines is 1. The van der Waals surface area contributed by atoms with Gasteiger partial charge in [-0.1, -0.05) is 6.07 Å². The number of hydrogen-bond donors (Lipinski definition) is 2. The molecule has 0 fully saturated rings. The highest BCUT2D eigenvalue weighted by molar-refractivity contribution is 5.94. The molecule has 2 N–H and O–H groups in total. The zero-order valence-electron chi connectivity index (χ0n) is 13.6. The highest BCUT2D eigenvalue weighted by Gasteiger charge is 2.06. The van der Waals surface area contributed by atoms with Gasteiger partial charge in [0, 0.05) is 30.9 Å². The Morgan fingerprint density at radius 3 is 2.84 bits per heavy atom. The average molecular weight is 340 g/mol. The van der Waals surface area contributed by atoms with Gasteiger partial charge in [0.05, 0.1) is 5.69 Å². The highest BCUT2D eigenvalue weighted by Crippen LogP contribution is 2.08. The second kappa shape index (κ2) is 7.52. The number of carbonyl (C=O) groups is 1. The molecule has 0 aliphatic heterocycles. The number of benzene rings is 1. The van der Waals surface area contributed by atoms with Crippen LogP contribution in [0.4, 0.5) is 10.2 Å².